The second-order valence-corrected chi connectivity index (χ2v) is 7.61. The molecule has 142 valence electrons. The first-order valence-electron chi connectivity index (χ1n) is 9.03. The highest BCUT2D eigenvalue weighted by Gasteiger charge is 2.09. The van der Waals surface area contributed by atoms with Gasteiger partial charge in [0.25, 0.3) is 0 Å². The van der Waals surface area contributed by atoms with Crippen LogP contribution in [0, 0.1) is 6.92 Å². The molecular weight excluding hydrogens is 372 g/mol. The van der Waals surface area contributed by atoms with Gasteiger partial charge in [-0.1, -0.05) is 41.7 Å². The Kier molecular flexibility index (Phi) is 5.34. The van der Waals surface area contributed by atoms with Crippen LogP contribution in [-0.2, 0) is 17.9 Å². The molecule has 0 radical (unpaired) electrons. The van der Waals surface area contributed by atoms with Gasteiger partial charge >= 0.3 is 0 Å². The second kappa shape index (κ2) is 8.22. The molecule has 2 aromatic heterocycles. The van der Waals surface area contributed by atoms with E-state index in [4.69, 9.17) is 4.74 Å². The molecule has 4 aromatic rings. The van der Waals surface area contributed by atoms with Crippen molar-refractivity contribution in [2.24, 2.45) is 0 Å². The van der Waals surface area contributed by atoms with Crippen molar-refractivity contribution in [1.29, 1.82) is 0 Å². The minimum absolute atomic E-state index is 0.0746. The number of ether oxygens (including phenoxy) is 1. The fourth-order valence-corrected chi connectivity index (χ4v) is 3.55. The first-order chi connectivity index (χ1) is 13.7. The van der Waals surface area contributed by atoms with Gasteiger partial charge in [-0.15, -0.1) is 10.2 Å². The molecule has 0 aliphatic heterocycles. The molecule has 1 amide bonds. The van der Waals surface area contributed by atoms with Crippen LogP contribution in [0.4, 0.5) is 5.13 Å². The number of nitrogens with zero attached hydrogens (tertiary/aromatic N) is 3. The molecule has 2 heterocycles. The Balaban J connectivity index is 1.40. The molecule has 4 rings (SSSR count). The molecule has 28 heavy (non-hydrogen) atoms. The molecule has 0 saturated heterocycles. The number of rotatable bonds is 7. The monoisotopic (exact) mass is 392 g/mol. The molecule has 6 nitrogen and oxygen atoms in total. The maximum absolute atomic E-state index is 12.2. The lowest BCUT2D eigenvalue weighted by Gasteiger charge is -2.09. The smallest absolute Gasteiger partial charge is 0.227 e. The number of amides is 1. The Labute approximate surface area is 166 Å². The maximum Gasteiger partial charge on any atom is 0.227 e. The van der Waals surface area contributed by atoms with E-state index in [1.807, 2.05) is 67.7 Å². The van der Waals surface area contributed by atoms with Gasteiger partial charge in [0.15, 0.2) is 0 Å². The van der Waals surface area contributed by atoms with E-state index in [0.29, 0.717) is 24.7 Å². The van der Waals surface area contributed by atoms with Crippen LogP contribution in [0.25, 0.3) is 10.9 Å². The number of nitrogens with one attached hydrogen (secondary N) is 1. The Morgan fingerprint density at radius 2 is 2.00 bits per heavy atom. The SMILES string of the molecule is Cc1nnc(NC(=O)CCn2ccc3ccc(OCc4ccccc4)cc32)s1. The van der Waals surface area contributed by atoms with E-state index >= 15 is 0 Å². The van der Waals surface area contributed by atoms with Crippen LogP contribution in [-0.4, -0.2) is 20.7 Å². The number of anilines is 1. The van der Waals surface area contributed by atoms with Crippen molar-refractivity contribution in [3.8, 4) is 5.75 Å². The van der Waals surface area contributed by atoms with E-state index in [1.54, 1.807) is 0 Å². The molecule has 0 unspecified atom stereocenters. The van der Waals surface area contributed by atoms with Gasteiger partial charge in [0.1, 0.15) is 17.4 Å². The van der Waals surface area contributed by atoms with Gasteiger partial charge in [0, 0.05) is 25.2 Å². The third-order valence-corrected chi connectivity index (χ3v) is 5.10. The number of hydrogen-bond acceptors (Lipinski definition) is 5. The molecule has 0 saturated carbocycles. The number of fused-ring (bicyclic) bond motifs is 1. The van der Waals surface area contributed by atoms with E-state index in [2.05, 4.69) is 20.1 Å². The number of carbonyl (C=O) groups is 1. The van der Waals surface area contributed by atoms with Gasteiger partial charge in [-0.2, -0.15) is 0 Å². The lowest BCUT2D eigenvalue weighted by molar-refractivity contribution is -0.116. The van der Waals surface area contributed by atoms with Gasteiger partial charge in [0.2, 0.25) is 11.0 Å². The van der Waals surface area contributed by atoms with Crippen molar-refractivity contribution >= 4 is 33.3 Å². The van der Waals surface area contributed by atoms with E-state index in [1.165, 1.54) is 11.3 Å². The Morgan fingerprint density at radius 1 is 1.14 bits per heavy atom. The summed E-state index contributed by atoms with van der Waals surface area (Å²) in [6.45, 7) is 2.96. The summed E-state index contributed by atoms with van der Waals surface area (Å²) in [5.41, 5.74) is 2.17. The zero-order valence-corrected chi connectivity index (χ0v) is 16.3. The normalized spacial score (nSPS) is 10.9. The summed E-state index contributed by atoms with van der Waals surface area (Å²) < 4.78 is 7.99. The average molecular weight is 392 g/mol. The van der Waals surface area contributed by atoms with Crippen molar-refractivity contribution < 1.29 is 9.53 Å². The predicted molar refractivity (Wildman–Crippen MR) is 111 cm³/mol. The van der Waals surface area contributed by atoms with Gasteiger partial charge in [-0.25, -0.2) is 0 Å². The summed E-state index contributed by atoms with van der Waals surface area (Å²) in [4.78, 5) is 12.2. The number of benzene rings is 2. The Bertz CT molecular complexity index is 1090. The molecule has 0 atom stereocenters. The molecule has 2 aromatic carbocycles. The van der Waals surface area contributed by atoms with Crippen LogP contribution < -0.4 is 10.1 Å². The van der Waals surface area contributed by atoms with Gasteiger partial charge in [0.05, 0.1) is 5.52 Å². The maximum atomic E-state index is 12.2. The van der Waals surface area contributed by atoms with Crippen molar-refractivity contribution in [2.75, 3.05) is 5.32 Å². The van der Waals surface area contributed by atoms with E-state index in [-0.39, 0.29) is 5.91 Å². The fraction of sp³-hybridized carbons (Fsp3) is 0.190. The van der Waals surface area contributed by atoms with E-state index in [0.717, 1.165) is 27.2 Å². The molecule has 1 N–H and O–H groups in total. The topological polar surface area (TPSA) is 69.0 Å². The number of hydrogen-bond donors (Lipinski definition) is 1. The molecule has 0 aliphatic carbocycles. The van der Waals surface area contributed by atoms with E-state index in [9.17, 15) is 4.79 Å². The zero-order chi connectivity index (χ0) is 19.3. The lowest BCUT2D eigenvalue weighted by Crippen LogP contribution is -2.14. The molecule has 0 bridgehead atoms. The van der Waals surface area contributed by atoms with Crippen molar-refractivity contribution in [1.82, 2.24) is 14.8 Å². The zero-order valence-electron chi connectivity index (χ0n) is 15.5. The largest absolute Gasteiger partial charge is 0.489 e. The lowest BCUT2D eigenvalue weighted by atomic mass is 10.2. The summed E-state index contributed by atoms with van der Waals surface area (Å²) in [6, 6.07) is 18.1. The van der Waals surface area contributed by atoms with Crippen LogP contribution >= 0.6 is 11.3 Å². The molecular formula is C21H20N4O2S. The van der Waals surface area contributed by atoms with Gasteiger partial charge in [-0.05, 0) is 36.1 Å². The van der Waals surface area contributed by atoms with Crippen LogP contribution in [0.3, 0.4) is 0 Å². The summed E-state index contributed by atoms with van der Waals surface area (Å²) >= 11 is 1.37. The van der Waals surface area contributed by atoms with Gasteiger partial charge < -0.3 is 14.6 Å². The fourth-order valence-electron chi connectivity index (χ4n) is 2.94. The van der Waals surface area contributed by atoms with Crippen molar-refractivity contribution in [3.63, 3.8) is 0 Å². The minimum Gasteiger partial charge on any atom is -0.489 e. The van der Waals surface area contributed by atoms with E-state index < -0.39 is 0 Å². The summed E-state index contributed by atoms with van der Waals surface area (Å²) in [7, 11) is 0. The Morgan fingerprint density at radius 3 is 2.79 bits per heavy atom. The first-order valence-corrected chi connectivity index (χ1v) is 9.84. The average Bonchev–Trinajstić information content (AvgIpc) is 3.31. The first kappa shape index (κ1) is 18.2. The standard InChI is InChI=1S/C21H20N4O2S/c1-15-23-24-21(28-15)22-20(26)10-12-25-11-9-17-7-8-18(13-19(17)25)27-14-16-5-3-2-4-6-16/h2-9,11,13H,10,12,14H2,1H3,(H,22,24,26). The van der Waals surface area contributed by atoms with Crippen LogP contribution in [0.2, 0.25) is 0 Å². The number of aryl methyl sites for hydroxylation is 2. The summed E-state index contributed by atoms with van der Waals surface area (Å²) in [5.74, 6) is 0.736. The number of aromatic nitrogens is 3. The highest BCUT2D eigenvalue weighted by Crippen LogP contribution is 2.23. The molecule has 0 spiro atoms. The molecule has 7 heteroatoms. The quantitative estimate of drug-likeness (QED) is 0.506. The Hall–Kier alpha value is -3.19. The third kappa shape index (κ3) is 4.37. The predicted octanol–water partition coefficient (Wildman–Crippen LogP) is 4.41. The van der Waals surface area contributed by atoms with Gasteiger partial charge in [-0.3, -0.25) is 4.79 Å². The second-order valence-electron chi connectivity index (χ2n) is 6.43. The van der Waals surface area contributed by atoms with Crippen molar-refractivity contribution in [2.45, 2.75) is 26.5 Å². The third-order valence-electron chi connectivity index (χ3n) is 4.35. The van der Waals surface area contributed by atoms with Crippen LogP contribution in [0.15, 0.2) is 60.8 Å². The minimum atomic E-state index is -0.0746. The highest BCUT2D eigenvalue weighted by molar-refractivity contribution is 7.15. The summed E-state index contributed by atoms with van der Waals surface area (Å²) in [5, 5.41) is 13.1. The van der Waals surface area contributed by atoms with Crippen molar-refractivity contribution in [3.05, 3.63) is 71.4 Å². The van der Waals surface area contributed by atoms with Crippen LogP contribution in [0.1, 0.15) is 17.0 Å². The molecule has 0 fully saturated rings. The highest BCUT2D eigenvalue weighted by atomic mass is 32.1. The van der Waals surface area contributed by atoms with Crippen LogP contribution in [0.5, 0.6) is 5.75 Å². The number of carbonyl (C=O) groups excluding carboxylic acids is 1. The molecule has 0 aliphatic rings. The summed E-state index contributed by atoms with van der Waals surface area (Å²) in [6.07, 6.45) is 2.35.